The third-order valence-electron chi connectivity index (χ3n) is 8.94. The first-order valence-electron chi connectivity index (χ1n) is 19.0. The van der Waals surface area contributed by atoms with Crippen molar-refractivity contribution < 1.29 is 64.0 Å². The molecule has 0 amide bonds. The predicted octanol–water partition coefficient (Wildman–Crippen LogP) is 12.0. The number of hydrogen-bond donors (Lipinski definition) is 2. The molecule has 64 heavy (non-hydrogen) atoms. The number of aromatic carboxylic acids is 1. The molecule has 0 saturated carbocycles. The van der Waals surface area contributed by atoms with Crippen LogP contribution in [0.3, 0.4) is 0 Å². The molecule has 0 unspecified atom stereocenters. The molecule has 6 rings (SSSR count). The zero-order valence-electron chi connectivity index (χ0n) is 35.9. The third kappa shape index (κ3) is 17.2. The average molecular weight is 1060 g/mol. The van der Waals surface area contributed by atoms with Gasteiger partial charge in [0.05, 0.1) is 45.6 Å². The molecule has 0 aromatic heterocycles. The molecule has 6 aromatic carbocycles. The zero-order valence-corrected chi connectivity index (χ0v) is 44.0. The second-order valence-electron chi connectivity index (χ2n) is 13.3. The summed E-state index contributed by atoms with van der Waals surface area (Å²) in [5, 5.41) is 12.6. The number of anilines is 1. The van der Waals surface area contributed by atoms with Gasteiger partial charge in [-0.25, -0.2) is 14.4 Å². The topological polar surface area (TPSA) is 146 Å². The van der Waals surface area contributed by atoms with Gasteiger partial charge in [-0.3, -0.25) is 0 Å². The predicted molar refractivity (Wildman–Crippen MR) is 261 cm³/mol. The molecule has 0 atom stereocenters. The van der Waals surface area contributed by atoms with E-state index in [0.29, 0.717) is 78.6 Å². The Labute approximate surface area is 435 Å². The SMILES string of the molecule is CCOC(=O)c1ccccc1Br.CCOC(=O)c1ccccc1Cc1c(Cl)ccc(C)c1Cl.Cc1ccc(Cl)c(Cc2ccccc2C(=O)O)c1Cl.Cc1ccc(Cl)c(N)c1Cl.[Na+].[OH-]. The number of hydrogen-bond acceptors (Lipinski definition) is 7. The van der Waals surface area contributed by atoms with Crippen molar-refractivity contribution in [1.29, 1.82) is 0 Å². The number of rotatable bonds is 9. The summed E-state index contributed by atoms with van der Waals surface area (Å²) in [5.74, 6) is -1.56. The number of nitrogen functional groups attached to an aromatic ring is 1. The summed E-state index contributed by atoms with van der Waals surface area (Å²) in [6, 6.07) is 32.3. The summed E-state index contributed by atoms with van der Waals surface area (Å²) < 4.78 is 10.7. The summed E-state index contributed by atoms with van der Waals surface area (Å²) in [5.41, 5.74) is 13.3. The number of esters is 2. The fourth-order valence-electron chi connectivity index (χ4n) is 5.61. The monoisotopic (exact) mass is 1060 g/mol. The van der Waals surface area contributed by atoms with Crippen molar-refractivity contribution in [3.05, 3.63) is 199 Å². The first-order valence-corrected chi connectivity index (χ1v) is 22.0. The van der Waals surface area contributed by atoms with E-state index >= 15 is 0 Å². The minimum atomic E-state index is -0.949. The number of carboxylic acid groups (broad SMARTS) is 1. The van der Waals surface area contributed by atoms with Gasteiger partial charge in [-0.1, -0.05) is 136 Å². The molecule has 8 nitrogen and oxygen atoms in total. The van der Waals surface area contributed by atoms with E-state index < -0.39 is 5.97 Å². The fourth-order valence-corrected chi connectivity index (χ4v) is 7.44. The first kappa shape index (κ1) is 58.7. The van der Waals surface area contributed by atoms with Crippen LogP contribution in [0.5, 0.6) is 0 Å². The quantitative estimate of drug-likeness (QED) is 0.0827. The number of halogens is 7. The van der Waals surface area contributed by atoms with Crippen LogP contribution in [0.15, 0.2) is 114 Å². The van der Waals surface area contributed by atoms with Crippen molar-refractivity contribution in [1.82, 2.24) is 0 Å². The van der Waals surface area contributed by atoms with Crippen molar-refractivity contribution in [2.45, 2.75) is 47.5 Å². The summed E-state index contributed by atoms with van der Waals surface area (Å²) in [7, 11) is 0. The third-order valence-corrected chi connectivity index (χ3v) is 12.2. The molecule has 0 radical (unpaired) electrons. The van der Waals surface area contributed by atoms with Gasteiger partial charge >= 0.3 is 47.5 Å². The summed E-state index contributed by atoms with van der Waals surface area (Å²) in [6.45, 7) is 10.0. The molecule has 16 heteroatoms. The van der Waals surface area contributed by atoms with Crippen LogP contribution in [0.2, 0.25) is 30.1 Å². The van der Waals surface area contributed by atoms with Gasteiger partial charge in [-0.05, 0) is 132 Å². The maximum atomic E-state index is 12.0. The van der Waals surface area contributed by atoms with Crippen LogP contribution >= 0.6 is 85.5 Å². The van der Waals surface area contributed by atoms with Gasteiger partial charge in [0, 0.05) is 37.4 Å². The number of benzene rings is 6. The van der Waals surface area contributed by atoms with Crippen molar-refractivity contribution >= 4 is 109 Å². The Hall–Kier alpha value is -3.29. The van der Waals surface area contributed by atoms with E-state index in [4.69, 9.17) is 84.8 Å². The van der Waals surface area contributed by atoms with E-state index in [1.54, 1.807) is 68.4 Å². The molecular formula is C48H45BrCl6NNaO7. The van der Waals surface area contributed by atoms with Crippen LogP contribution in [0.4, 0.5) is 5.69 Å². The Morgan fingerprint density at radius 3 is 1.33 bits per heavy atom. The Morgan fingerprint density at radius 2 is 0.906 bits per heavy atom. The maximum absolute atomic E-state index is 12.0. The van der Waals surface area contributed by atoms with Gasteiger partial charge < -0.3 is 25.8 Å². The molecule has 0 heterocycles. The second-order valence-corrected chi connectivity index (χ2v) is 16.5. The zero-order chi connectivity index (χ0) is 46.1. The van der Waals surface area contributed by atoms with Gasteiger partial charge in [-0.15, -0.1) is 0 Å². The standard InChI is InChI=1S/C17H16Cl2O2.C15H12Cl2O2.C9H9BrO2.C7H7Cl2N.Na.H2O/c1-3-21-17(20)13-7-5-4-6-12(13)10-14-15(18)9-8-11(2)16(14)19;1-9-6-7-13(16)12(14(9)17)8-10-4-2-3-5-11(10)15(18)19;1-2-12-9(11)7-5-3-4-6-8(7)10;1-4-2-3-5(8)7(10)6(4)9;;/h4-9H,3,10H2,1-2H3;2-7H,8H2,1H3,(H,18,19);3-6H,2H2,1H3;2-3H,10H2,1H3;;1H2/q;;;;+1;/p-1. The van der Waals surface area contributed by atoms with E-state index in [-0.39, 0.29) is 52.5 Å². The minimum Gasteiger partial charge on any atom is -0.870 e. The molecule has 0 spiro atoms. The van der Waals surface area contributed by atoms with Crippen molar-refractivity contribution in [3.8, 4) is 0 Å². The molecule has 0 aliphatic heterocycles. The van der Waals surface area contributed by atoms with E-state index in [2.05, 4.69) is 15.9 Å². The van der Waals surface area contributed by atoms with Crippen LogP contribution in [0, 0.1) is 20.8 Å². The van der Waals surface area contributed by atoms with Gasteiger partial charge in [-0.2, -0.15) is 0 Å². The number of nitrogens with two attached hydrogens (primary N) is 1. The number of ether oxygens (including phenoxy) is 2. The summed E-state index contributed by atoms with van der Waals surface area (Å²) >= 11 is 39.7. The van der Waals surface area contributed by atoms with Crippen molar-refractivity contribution in [2.24, 2.45) is 0 Å². The van der Waals surface area contributed by atoms with Gasteiger partial charge in [0.15, 0.2) is 0 Å². The van der Waals surface area contributed by atoms with Gasteiger partial charge in [0.25, 0.3) is 0 Å². The maximum Gasteiger partial charge on any atom is 1.00 e. The largest absolute Gasteiger partial charge is 1.00 e. The smallest absolute Gasteiger partial charge is 0.870 e. The Balaban J connectivity index is 0.000000439. The van der Waals surface area contributed by atoms with Crippen molar-refractivity contribution in [3.63, 3.8) is 0 Å². The van der Waals surface area contributed by atoms with Crippen LogP contribution < -0.4 is 35.3 Å². The van der Waals surface area contributed by atoms with E-state index in [0.717, 1.165) is 37.9 Å². The normalized spacial score (nSPS) is 9.88. The van der Waals surface area contributed by atoms with Crippen molar-refractivity contribution in [2.75, 3.05) is 18.9 Å². The Kier molecular flexibility index (Phi) is 27.0. The Morgan fingerprint density at radius 1 is 0.547 bits per heavy atom. The Bertz CT molecular complexity index is 2500. The number of aryl methyl sites for hydroxylation is 3. The van der Waals surface area contributed by atoms with E-state index in [9.17, 15) is 19.5 Å². The minimum absolute atomic E-state index is 0. The van der Waals surface area contributed by atoms with Crippen LogP contribution in [0.1, 0.15) is 83.9 Å². The molecule has 0 aliphatic carbocycles. The van der Waals surface area contributed by atoms with E-state index in [1.807, 2.05) is 75.4 Å². The molecule has 0 aliphatic rings. The molecule has 334 valence electrons. The first-order chi connectivity index (χ1) is 29.4. The molecule has 0 saturated heterocycles. The number of carbonyl (C=O) groups excluding carboxylic acids is 2. The molecular weight excluding hydrogens is 1020 g/mol. The van der Waals surface area contributed by atoms with Crippen LogP contribution in [0.25, 0.3) is 0 Å². The molecule has 0 fully saturated rings. The summed E-state index contributed by atoms with van der Waals surface area (Å²) in [4.78, 5) is 34.4. The summed E-state index contributed by atoms with van der Waals surface area (Å²) in [6.07, 6.45) is 0.899. The van der Waals surface area contributed by atoms with Crippen LogP contribution in [-0.4, -0.2) is 41.7 Å². The molecule has 6 aromatic rings. The second kappa shape index (κ2) is 29.4. The number of carbonyl (C=O) groups is 3. The molecule has 4 N–H and O–H groups in total. The van der Waals surface area contributed by atoms with E-state index in [1.165, 1.54) is 0 Å². The van der Waals surface area contributed by atoms with Gasteiger partial charge in [0.2, 0.25) is 0 Å². The molecule has 0 bridgehead atoms. The van der Waals surface area contributed by atoms with Crippen LogP contribution in [-0.2, 0) is 22.3 Å². The van der Waals surface area contributed by atoms with Gasteiger partial charge in [0.1, 0.15) is 0 Å². The average Bonchev–Trinajstić information content (AvgIpc) is 3.25. The number of carboxylic acids is 1. The fraction of sp³-hybridized carbons (Fsp3) is 0.188.